The molecular weight excluding hydrogens is 350 g/mol. The van der Waals surface area contributed by atoms with Crippen molar-refractivity contribution in [2.45, 2.75) is 52.9 Å². The summed E-state index contributed by atoms with van der Waals surface area (Å²) < 4.78 is 6.27. The van der Waals surface area contributed by atoms with Crippen LogP contribution in [0.25, 0.3) is 0 Å². The van der Waals surface area contributed by atoms with Crippen LogP contribution in [0, 0.1) is 6.92 Å². The molecule has 0 atom stereocenters. The predicted octanol–water partition coefficient (Wildman–Crippen LogP) is 5.47. The van der Waals surface area contributed by atoms with E-state index in [2.05, 4.69) is 46.8 Å². The molecule has 2 aromatic carbocycles. The Bertz CT molecular complexity index is 916. The first kappa shape index (κ1) is 19.9. The molecule has 28 heavy (non-hydrogen) atoms. The molecule has 0 unspecified atom stereocenters. The average Bonchev–Trinajstić information content (AvgIpc) is 2.96. The Balaban J connectivity index is 1.91. The van der Waals surface area contributed by atoms with E-state index in [9.17, 15) is 9.59 Å². The largest absolute Gasteiger partial charge is 0.457 e. The highest BCUT2D eigenvalue weighted by Gasteiger charge is 2.25. The number of hydrogen-bond donors (Lipinski definition) is 0. The molecule has 1 aliphatic rings. The molecule has 3 rings (SSSR count). The number of carbonyl (C=O) groups is 2. The topological polar surface area (TPSA) is 46.6 Å². The van der Waals surface area contributed by atoms with Crippen molar-refractivity contribution in [2.75, 3.05) is 4.90 Å². The summed E-state index contributed by atoms with van der Waals surface area (Å²) in [4.78, 5) is 24.8. The molecule has 0 N–H and O–H groups in total. The van der Waals surface area contributed by atoms with Gasteiger partial charge in [-0.15, -0.1) is 0 Å². The van der Waals surface area contributed by atoms with Crippen LogP contribution < -0.4 is 9.64 Å². The highest BCUT2D eigenvalue weighted by atomic mass is 16.5. The van der Waals surface area contributed by atoms with Gasteiger partial charge >= 0.3 is 0 Å². The lowest BCUT2D eigenvalue weighted by atomic mass is 9.83. The first-order valence-corrected chi connectivity index (χ1v) is 9.68. The molecular formula is C24H27NO3. The van der Waals surface area contributed by atoms with Crippen molar-refractivity contribution >= 4 is 17.5 Å². The van der Waals surface area contributed by atoms with E-state index >= 15 is 0 Å². The molecule has 1 heterocycles. The fourth-order valence-electron chi connectivity index (χ4n) is 3.41. The lowest BCUT2D eigenvalue weighted by Crippen LogP contribution is -2.29. The quantitative estimate of drug-likeness (QED) is 0.649. The zero-order valence-corrected chi connectivity index (χ0v) is 17.2. The first-order chi connectivity index (χ1) is 13.2. The summed E-state index contributed by atoms with van der Waals surface area (Å²) in [5.41, 5.74) is 4.09. The van der Waals surface area contributed by atoms with Crippen LogP contribution in [-0.2, 0) is 21.4 Å². The Morgan fingerprint density at radius 3 is 2.11 bits per heavy atom. The van der Waals surface area contributed by atoms with Crippen molar-refractivity contribution in [2.24, 2.45) is 0 Å². The number of nitrogens with zero attached hydrogens (tertiary/aromatic N) is 1. The van der Waals surface area contributed by atoms with E-state index in [0.717, 1.165) is 29.1 Å². The Hall–Kier alpha value is -2.88. The minimum atomic E-state index is -0.323. The Kier molecular flexibility index (Phi) is 5.41. The first-order valence-electron chi connectivity index (χ1n) is 9.68. The third-order valence-corrected chi connectivity index (χ3v) is 4.81. The summed E-state index contributed by atoms with van der Waals surface area (Å²) in [5, 5.41) is 0. The maximum atomic E-state index is 11.8. The van der Waals surface area contributed by atoms with Gasteiger partial charge in [0.15, 0.2) is 0 Å². The van der Waals surface area contributed by atoms with Crippen LogP contribution in [0.1, 0.15) is 50.8 Å². The third-order valence-electron chi connectivity index (χ3n) is 4.81. The Labute approximate surface area is 166 Å². The molecule has 0 aliphatic carbocycles. The highest BCUT2D eigenvalue weighted by molar-refractivity contribution is 6.28. The normalized spacial score (nSPS) is 14.1. The van der Waals surface area contributed by atoms with Crippen LogP contribution in [0.3, 0.4) is 0 Å². The van der Waals surface area contributed by atoms with E-state index in [0.29, 0.717) is 11.4 Å². The molecule has 0 fully saturated rings. The van der Waals surface area contributed by atoms with Gasteiger partial charge in [0.05, 0.1) is 5.69 Å². The molecule has 0 saturated carbocycles. The predicted molar refractivity (Wildman–Crippen MR) is 112 cm³/mol. The van der Waals surface area contributed by atoms with Crippen LogP contribution in [0.5, 0.6) is 11.5 Å². The van der Waals surface area contributed by atoms with Gasteiger partial charge in [-0.25, -0.2) is 4.90 Å². The average molecular weight is 377 g/mol. The van der Waals surface area contributed by atoms with Crippen molar-refractivity contribution in [3.8, 4) is 11.5 Å². The molecule has 2 aromatic rings. The molecule has 0 spiro atoms. The standard InChI is InChI=1S/C24H27NO3/c1-6-7-17-14-16(2)23(20(15-17)24(3,4)5)28-19-10-8-18(9-11-19)25-21(26)12-13-22(25)27/h8-15H,6-7H2,1-5H3. The number of hydrogen-bond acceptors (Lipinski definition) is 3. The lowest BCUT2D eigenvalue weighted by molar-refractivity contribution is -0.119. The van der Waals surface area contributed by atoms with Gasteiger partial charge in [-0.1, -0.05) is 46.2 Å². The summed E-state index contributed by atoms with van der Waals surface area (Å²) in [6.07, 6.45) is 4.71. The molecule has 4 nitrogen and oxygen atoms in total. The molecule has 0 aromatic heterocycles. The highest BCUT2D eigenvalue weighted by Crippen LogP contribution is 2.38. The summed E-state index contributed by atoms with van der Waals surface area (Å²) in [6.45, 7) is 10.8. The van der Waals surface area contributed by atoms with Gasteiger partial charge in [-0.05, 0) is 54.2 Å². The van der Waals surface area contributed by atoms with Crippen molar-refractivity contribution in [3.63, 3.8) is 0 Å². The van der Waals surface area contributed by atoms with Gasteiger partial charge < -0.3 is 4.74 Å². The number of amides is 2. The Morgan fingerprint density at radius 2 is 1.57 bits per heavy atom. The monoisotopic (exact) mass is 377 g/mol. The summed E-state index contributed by atoms with van der Waals surface area (Å²) >= 11 is 0. The minimum absolute atomic E-state index is 0.0517. The zero-order valence-electron chi connectivity index (χ0n) is 17.2. The molecule has 2 amide bonds. The smallest absolute Gasteiger partial charge is 0.258 e. The van der Waals surface area contributed by atoms with Gasteiger partial charge in [-0.2, -0.15) is 0 Å². The van der Waals surface area contributed by atoms with Gasteiger partial charge in [0.1, 0.15) is 11.5 Å². The van der Waals surface area contributed by atoms with Gasteiger partial charge in [0, 0.05) is 17.7 Å². The van der Waals surface area contributed by atoms with E-state index < -0.39 is 0 Å². The van der Waals surface area contributed by atoms with E-state index in [4.69, 9.17) is 4.74 Å². The van der Waals surface area contributed by atoms with E-state index in [1.54, 1.807) is 24.3 Å². The van der Waals surface area contributed by atoms with Crippen LogP contribution in [0.15, 0.2) is 48.6 Å². The molecule has 0 saturated heterocycles. The van der Waals surface area contributed by atoms with Crippen LogP contribution in [0.2, 0.25) is 0 Å². The second-order valence-corrected chi connectivity index (χ2v) is 8.23. The number of ether oxygens (including phenoxy) is 1. The van der Waals surface area contributed by atoms with Crippen molar-refractivity contribution < 1.29 is 14.3 Å². The fraction of sp³-hybridized carbons (Fsp3) is 0.333. The van der Waals surface area contributed by atoms with Crippen molar-refractivity contribution in [1.29, 1.82) is 0 Å². The maximum Gasteiger partial charge on any atom is 0.258 e. The third kappa shape index (κ3) is 4.01. The zero-order chi connectivity index (χ0) is 20.5. The number of anilines is 1. The minimum Gasteiger partial charge on any atom is -0.457 e. The fourth-order valence-corrected chi connectivity index (χ4v) is 3.41. The van der Waals surface area contributed by atoms with Gasteiger partial charge in [0.2, 0.25) is 0 Å². The Morgan fingerprint density at radius 1 is 0.964 bits per heavy atom. The number of carbonyl (C=O) groups excluding carboxylic acids is 2. The van der Waals surface area contributed by atoms with E-state index in [1.807, 2.05) is 0 Å². The van der Waals surface area contributed by atoms with Crippen molar-refractivity contribution in [1.82, 2.24) is 0 Å². The number of benzene rings is 2. The van der Waals surface area contributed by atoms with Crippen LogP contribution in [-0.4, -0.2) is 11.8 Å². The second-order valence-electron chi connectivity index (χ2n) is 8.23. The summed E-state index contributed by atoms with van der Waals surface area (Å²) in [5.74, 6) is 0.898. The lowest BCUT2D eigenvalue weighted by Gasteiger charge is -2.25. The second kappa shape index (κ2) is 7.63. The van der Waals surface area contributed by atoms with Gasteiger partial charge in [-0.3, -0.25) is 9.59 Å². The number of imide groups is 1. The maximum absolute atomic E-state index is 11.8. The molecule has 146 valence electrons. The summed E-state index contributed by atoms with van der Waals surface area (Å²) in [7, 11) is 0. The van der Waals surface area contributed by atoms with E-state index in [1.165, 1.54) is 23.3 Å². The molecule has 0 radical (unpaired) electrons. The van der Waals surface area contributed by atoms with Gasteiger partial charge in [0.25, 0.3) is 11.8 Å². The molecule has 4 heteroatoms. The summed E-state index contributed by atoms with van der Waals surface area (Å²) in [6, 6.07) is 11.5. The SMILES string of the molecule is CCCc1cc(C)c(Oc2ccc(N3C(=O)C=CC3=O)cc2)c(C(C)(C)C)c1. The van der Waals surface area contributed by atoms with Crippen molar-refractivity contribution in [3.05, 3.63) is 65.2 Å². The molecule has 0 bridgehead atoms. The number of rotatable bonds is 5. The van der Waals surface area contributed by atoms with Crippen LogP contribution in [0.4, 0.5) is 5.69 Å². The van der Waals surface area contributed by atoms with E-state index in [-0.39, 0.29) is 17.2 Å². The van der Waals surface area contributed by atoms with Crippen LogP contribution >= 0.6 is 0 Å². The molecule has 1 aliphatic heterocycles. The number of aryl methyl sites for hydroxylation is 2.